The molecule has 1 amide bonds. The molecule has 2 unspecified atom stereocenters. The number of nitrogens with two attached hydrogens (primary N) is 1. The molecule has 1 aliphatic rings. The molecule has 1 saturated heterocycles. The number of pyridine rings is 1. The molecule has 37 heavy (non-hydrogen) atoms. The van der Waals surface area contributed by atoms with Gasteiger partial charge in [0.15, 0.2) is 5.82 Å². The molecule has 3 heterocycles. The molecule has 0 saturated carbocycles. The average molecular weight is 506 g/mol. The highest BCUT2D eigenvalue weighted by molar-refractivity contribution is 6.06. The summed E-state index contributed by atoms with van der Waals surface area (Å²) in [5, 5.41) is 10.9. The van der Waals surface area contributed by atoms with Gasteiger partial charge in [-0.3, -0.25) is 4.79 Å². The van der Waals surface area contributed by atoms with Gasteiger partial charge in [-0.15, -0.1) is 0 Å². The highest BCUT2D eigenvalue weighted by Crippen LogP contribution is 2.29. The van der Waals surface area contributed by atoms with E-state index in [1.165, 1.54) is 0 Å². The number of carbonyl (C=O) groups excluding carboxylic acids is 1. The van der Waals surface area contributed by atoms with Crippen LogP contribution in [0.2, 0.25) is 0 Å². The van der Waals surface area contributed by atoms with Crippen LogP contribution in [0.3, 0.4) is 0 Å². The summed E-state index contributed by atoms with van der Waals surface area (Å²) in [6, 6.07) is 9.01. The highest BCUT2D eigenvalue weighted by Gasteiger charge is 2.23. The van der Waals surface area contributed by atoms with Crippen LogP contribution in [0.4, 0.5) is 5.82 Å². The molecule has 8 heteroatoms. The Morgan fingerprint density at radius 2 is 1.95 bits per heavy atom. The summed E-state index contributed by atoms with van der Waals surface area (Å²) in [5.74, 6) is 2.65. The molecule has 1 aromatic carbocycles. The lowest BCUT2D eigenvalue weighted by Crippen LogP contribution is -2.30. The van der Waals surface area contributed by atoms with Gasteiger partial charge in [0.2, 0.25) is 5.91 Å². The number of aromatic nitrogens is 3. The van der Waals surface area contributed by atoms with Crippen LogP contribution < -0.4 is 21.7 Å². The smallest absolute Gasteiger partial charge is 0.219 e. The van der Waals surface area contributed by atoms with Gasteiger partial charge < -0.3 is 26.3 Å². The Bertz CT molecular complexity index is 1220. The third kappa shape index (κ3) is 6.73. The minimum Gasteiger partial charge on any atom is -0.382 e. The molecule has 3 aromatic rings. The molecule has 200 valence electrons. The molecule has 2 atom stereocenters. The number of imidazole rings is 1. The minimum atomic E-state index is 0.156. The van der Waals surface area contributed by atoms with Gasteiger partial charge >= 0.3 is 0 Å². The Balaban J connectivity index is 1.23. The SMILES string of the molecule is C=C1NC(C)C(CCCCCC(=O)NCCCCn2c(CCCC)nc3c(N)nc4ccccc4c32)N1. The number of nitrogens with one attached hydrogen (secondary N) is 3. The van der Waals surface area contributed by atoms with Crippen LogP contribution in [0.5, 0.6) is 0 Å². The van der Waals surface area contributed by atoms with Crippen molar-refractivity contribution in [3.63, 3.8) is 0 Å². The summed E-state index contributed by atoms with van der Waals surface area (Å²) in [7, 11) is 0. The fourth-order valence-corrected chi connectivity index (χ4v) is 5.30. The first-order chi connectivity index (χ1) is 18.0. The van der Waals surface area contributed by atoms with Crippen LogP contribution in [0.1, 0.15) is 77.5 Å². The number of nitrogen functional groups attached to an aromatic ring is 1. The summed E-state index contributed by atoms with van der Waals surface area (Å²) < 4.78 is 2.33. The van der Waals surface area contributed by atoms with Gasteiger partial charge in [0.25, 0.3) is 0 Å². The van der Waals surface area contributed by atoms with Crippen molar-refractivity contribution < 1.29 is 4.79 Å². The topological polar surface area (TPSA) is 110 Å². The molecular weight excluding hydrogens is 462 g/mol. The summed E-state index contributed by atoms with van der Waals surface area (Å²) in [6.45, 7) is 9.87. The zero-order valence-electron chi connectivity index (χ0n) is 22.5. The highest BCUT2D eigenvalue weighted by atomic mass is 16.1. The Morgan fingerprint density at radius 3 is 2.73 bits per heavy atom. The second kappa shape index (κ2) is 12.8. The number of fused-ring (bicyclic) bond motifs is 3. The van der Waals surface area contributed by atoms with E-state index in [-0.39, 0.29) is 5.91 Å². The van der Waals surface area contributed by atoms with Crippen LogP contribution in [0, 0.1) is 0 Å². The Hall–Kier alpha value is -3.29. The number of hydrogen-bond donors (Lipinski definition) is 4. The number of rotatable bonds is 14. The second-order valence-corrected chi connectivity index (χ2v) is 10.3. The lowest BCUT2D eigenvalue weighted by atomic mass is 10.0. The van der Waals surface area contributed by atoms with Crippen LogP contribution in [0.15, 0.2) is 36.7 Å². The first kappa shape index (κ1) is 26.8. The van der Waals surface area contributed by atoms with Gasteiger partial charge in [0, 0.05) is 43.4 Å². The number of nitrogens with zero attached hydrogens (tertiary/aromatic N) is 3. The molecule has 8 nitrogen and oxygen atoms in total. The third-order valence-electron chi connectivity index (χ3n) is 7.36. The maximum Gasteiger partial charge on any atom is 0.219 e. The monoisotopic (exact) mass is 505 g/mol. The van der Waals surface area contributed by atoms with Crippen molar-refractivity contribution in [2.24, 2.45) is 0 Å². The van der Waals surface area contributed by atoms with E-state index in [1.54, 1.807) is 0 Å². The largest absolute Gasteiger partial charge is 0.382 e. The van der Waals surface area contributed by atoms with Crippen molar-refractivity contribution in [3.05, 3.63) is 42.5 Å². The Morgan fingerprint density at radius 1 is 1.11 bits per heavy atom. The van der Waals surface area contributed by atoms with E-state index in [0.717, 1.165) is 97.9 Å². The van der Waals surface area contributed by atoms with Crippen molar-refractivity contribution in [1.29, 1.82) is 0 Å². The van der Waals surface area contributed by atoms with Crippen molar-refractivity contribution in [2.45, 2.75) is 96.7 Å². The fraction of sp³-hybridized carbons (Fsp3) is 0.552. The fourth-order valence-electron chi connectivity index (χ4n) is 5.30. The normalized spacial score (nSPS) is 17.3. The molecular formula is C29H43N7O. The van der Waals surface area contributed by atoms with E-state index >= 15 is 0 Å². The van der Waals surface area contributed by atoms with E-state index in [9.17, 15) is 4.79 Å². The zero-order valence-corrected chi connectivity index (χ0v) is 22.5. The second-order valence-electron chi connectivity index (χ2n) is 10.3. The van der Waals surface area contributed by atoms with E-state index in [0.29, 0.717) is 30.9 Å². The summed E-state index contributed by atoms with van der Waals surface area (Å²) in [6.07, 6.45) is 9.87. The van der Waals surface area contributed by atoms with E-state index in [2.05, 4.69) is 52.0 Å². The average Bonchev–Trinajstić information content (AvgIpc) is 3.41. The molecule has 1 fully saturated rings. The van der Waals surface area contributed by atoms with Crippen LogP contribution in [-0.4, -0.2) is 39.1 Å². The molecule has 0 spiro atoms. The van der Waals surface area contributed by atoms with Crippen molar-refractivity contribution in [3.8, 4) is 0 Å². The zero-order chi connectivity index (χ0) is 26.2. The number of unbranched alkanes of at least 4 members (excludes halogenated alkanes) is 4. The number of anilines is 1. The molecule has 1 aliphatic heterocycles. The van der Waals surface area contributed by atoms with Crippen LogP contribution in [-0.2, 0) is 17.8 Å². The predicted molar refractivity (Wildman–Crippen MR) is 152 cm³/mol. The lowest BCUT2D eigenvalue weighted by Gasteiger charge is -2.14. The summed E-state index contributed by atoms with van der Waals surface area (Å²) in [4.78, 5) is 21.8. The van der Waals surface area contributed by atoms with Gasteiger partial charge in [-0.2, -0.15) is 0 Å². The molecule has 4 rings (SSSR count). The Labute approximate surface area is 220 Å². The third-order valence-corrected chi connectivity index (χ3v) is 7.36. The summed E-state index contributed by atoms with van der Waals surface area (Å²) in [5.41, 5.74) is 9.09. The maximum atomic E-state index is 12.3. The van der Waals surface area contributed by atoms with Gasteiger partial charge in [0.05, 0.1) is 16.9 Å². The maximum absolute atomic E-state index is 12.3. The van der Waals surface area contributed by atoms with E-state index < -0.39 is 0 Å². The quantitative estimate of drug-likeness (QED) is 0.235. The number of amides is 1. The van der Waals surface area contributed by atoms with Gasteiger partial charge in [0.1, 0.15) is 11.3 Å². The number of carbonyl (C=O) groups is 1. The van der Waals surface area contributed by atoms with Crippen molar-refractivity contribution in [1.82, 2.24) is 30.5 Å². The predicted octanol–water partition coefficient (Wildman–Crippen LogP) is 4.78. The van der Waals surface area contributed by atoms with E-state index in [1.807, 2.05) is 18.2 Å². The van der Waals surface area contributed by atoms with Gasteiger partial charge in [-0.1, -0.05) is 51.0 Å². The molecule has 2 aromatic heterocycles. The number of hydrogen-bond acceptors (Lipinski definition) is 6. The molecule has 0 aliphatic carbocycles. The number of para-hydroxylation sites is 1. The molecule has 0 bridgehead atoms. The molecule has 0 radical (unpaired) electrons. The first-order valence-electron chi connectivity index (χ1n) is 14.0. The van der Waals surface area contributed by atoms with Crippen molar-refractivity contribution >= 4 is 33.7 Å². The first-order valence-corrected chi connectivity index (χ1v) is 14.0. The van der Waals surface area contributed by atoms with Crippen molar-refractivity contribution in [2.75, 3.05) is 12.3 Å². The number of benzene rings is 1. The molecule has 5 N–H and O–H groups in total. The van der Waals surface area contributed by atoms with Gasteiger partial charge in [-0.05, 0) is 45.1 Å². The van der Waals surface area contributed by atoms with Crippen LogP contribution in [0.25, 0.3) is 21.9 Å². The lowest BCUT2D eigenvalue weighted by molar-refractivity contribution is -0.121. The van der Waals surface area contributed by atoms with Gasteiger partial charge in [-0.25, -0.2) is 9.97 Å². The Kier molecular flexibility index (Phi) is 9.25. The van der Waals surface area contributed by atoms with E-state index in [4.69, 9.17) is 10.7 Å². The number of aryl methyl sites for hydroxylation is 2. The minimum absolute atomic E-state index is 0.156. The summed E-state index contributed by atoms with van der Waals surface area (Å²) >= 11 is 0. The van der Waals surface area contributed by atoms with Crippen LogP contribution >= 0.6 is 0 Å². The standard InChI is InChI=1S/C29H43N7O/c1-4-5-16-25-35-27-28(22-13-9-10-15-24(22)34-29(27)30)36(25)19-12-11-18-31-26(37)17-8-6-7-14-23-20(2)32-21(3)33-23/h9-10,13,15,20,23,32-33H,3-8,11-12,14,16-19H2,1-2H3,(H2,30,34)(H,31,37).